The third kappa shape index (κ3) is 5.44. The highest BCUT2D eigenvalue weighted by Gasteiger charge is 2.25. The first kappa shape index (κ1) is 28.4. The smallest absolute Gasteiger partial charge is 0.222 e. The van der Waals surface area contributed by atoms with Crippen molar-refractivity contribution < 1.29 is 4.79 Å². The minimum atomic E-state index is 0.0767. The minimum absolute atomic E-state index is 0.0767. The van der Waals surface area contributed by atoms with Gasteiger partial charge in [0.2, 0.25) is 5.91 Å². The number of carbonyl (C=O) groups is 1. The van der Waals surface area contributed by atoms with Gasteiger partial charge < -0.3 is 15.1 Å². The maximum atomic E-state index is 12.0. The zero-order chi connectivity index (χ0) is 30.1. The molecule has 1 aliphatic rings. The monoisotopic (exact) mass is 590 g/mol. The van der Waals surface area contributed by atoms with E-state index in [0.717, 1.165) is 82.7 Å². The van der Waals surface area contributed by atoms with E-state index in [2.05, 4.69) is 52.0 Å². The molecule has 10 heteroatoms. The summed E-state index contributed by atoms with van der Waals surface area (Å²) in [5.41, 5.74) is 6.63. The van der Waals surface area contributed by atoms with Crippen molar-refractivity contribution in [2.45, 2.75) is 33.1 Å². The molecule has 0 aliphatic carbocycles. The van der Waals surface area contributed by atoms with Gasteiger partial charge in [-0.25, -0.2) is 15.0 Å². The van der Waals surface area contributed by atoms with Crippen molar-refractivity contribution in [3.63, 3.8) is 0 Å². The quantitative estimate of drug-likeness (QED) is 0.248. The van der Waals surface area contributed by atoms with Crippen LogP contribution >= 0.6 is 11.3 Å². The number of anilines is 3. The van der Waals surface area contributed by atoms with Crippen molar-refractivity contribution in [3.8, 4) is 28.5 Å². The average Bonchev–Trinajstić information content (AvgIpc) is 3.66. The van der Waals surface area contributed by atoms with Gasteiger partial charge in [-0.15, -0.1) is 0 Å². The molecule has 0 unspecified atom stereocenters. The molecule has 1 aliphatic heterocycles. The van der Waals surface area contributed by atoms with Gasteiger partial charge in [0.05, 0.1) is 5.69 Å². The number of carbonyl (C=O) groups excluding carboxylic acids is 1. The van der Waals surface area contributed by atoms with E-state index in [-0.39, 0.29) is 11.8 Å². The van der Waals surface area contributed by atoms with E-state index in [1.54, 1.807) is 7.05 Å². The standard InChI is InChI=1S/C33H34N8OS/c1-5-26-32(39(4)33-38-30(27(18-34)43-33)22-8-6-21(2)7-9-22)41-20-25(11-13-29(41)37-26)24-10-12-28(36-19-24)40-16-14-23(15-17-40)31(42)35-3/h6-13,19-20,23H,5,14-17H2,1-4H3,(H,35,42). The molecule has 1 aromatic carbocycles. The molecule has 43 heavy (non-hydrogen) atoms. The molecule has 0 radical (unpaired) electrons. The summed E-state index contributed by atoms with van der Waals surface area (Å²) in [6.45, 7) is 5.78. The Morgan fingerprint density at radius 3 is 2.44 bits per heavy atom. The number of aromatic nitrogens is 4. The summed E-state index contributed by atoms with van der Waals surface area (Å²) in [6, 6.07) is 18.7. The second-order valence-electron chi connectivity index (χ2n) is 10.9. The van der Waals surface area contributed by atoms with Gasteiger partial charge >= 0.3 is 0 Å². The summed E-state index contributed by atoms with van der Waals surface area (Å²) in [6.07, 6.45) is 6.43. The predicted molar refractivity (Wildman–Crippen MR) is 172 cm³/mol. The number of piperidine rings is 1. The normalized spacial score (nSPS) is 13.7. The third-order valence-electron chi connectivity index (χ3n) is 8.16. The molecule has 5 aromatic rings. The van der Waals surface area contributed by atoms with Crippen molar-refractivity contribution in [2.75, 3.05) is 37.0 Å². The van der Waals surface area contributed by atoms with Gasteiger partial charge in [0, 0.05) is 62.2 Å². The van der Waals surface area contributed by atoms with Crippen molar-refractivity contribution in [3.05, 3.63) is 77.1 Å². The molecule has 0 atom stereocenters. The van der Waals surface area contributed by atoms with E-state index in [9.17, 15) is 10.1 Å². The second kappa shape index (κ2) is 11.9. The molecule has 0 bridgehead atoms. The number of imidazole rings is 1. The number of nitriles is 1. The molecule has 4 aromatic heterocycles. The summed E-state index contributed by atoms with van der Waals surface area (Å²) in [4.78, 5) is 31.5. The number of hydrogen-bond donors (Lipinski definition) is 1. The molecule has 1 amide bonds. The maximum absolute atomic E-state index is 12.0. The molecule has 1 fully saturated rings. The summed E-state index contributed by atoms with van der Waals surface area (Å²) in [5.74, 6) is 2.06. The number of nitrogens with one attached hydrogen (secondary N) is 1. The van der Waals surface area contributed by atoms with Crippen LogP contribution in [0.3, 0.4) is 0 Å². The van der Waals surface area contributed by atoms with Crippen LogP contribution in [-0.4, -0.2) is 52.4 Å². The number of thiazole rings is 1. The minimum Gasteiger partial charge on any atom is -0.359 e. The van der Waals surface area contributed by atoms with Gasteiger partial charge in [-0.2, -0.15) is 5.26 Å². The van der Waals surface area contributed by atoms with Crippen molar-refractivity contribution in [1.82, 2.24) is 24.7 Å². The van der Waals surface area contributed by atoms with Gasteiger partial charge in [-0.3, -0.25) is 9.20 Å². The van der Waals surface area contributed by atoms with Gasteiger partial charge in [0.15, 0.2) is 5.13 Å². The number of rotatable bonds is 7. The molecular formula is C33H34N8OS. The van der Waals surface area contributed by atoms with E-state index >= 15 is 0 Å². The van der Waals surface area contributed by atoms with E-state index in [4.69, 9.17) is 15.0 Å². The summed E-state index contributed by atoms with van der Waals surface area (Å²) >= 11 is 1.39. The number of hydrogen-bond acceptors (Lipinski definition) is 8. The van der Waals surface area contributed by atoms with E-state index in [0.29, 0.717) is 10.6 Å². The lowest BCUT2D eigenvalue weighted by Gasteiger charge is -2.32. The first-order chi connectivity index (χ1) is 20.9. The van der Waals surface area contributed by atoms with E-state index in [1.807, 2.05) is 55.4 Å². The Morgan fingerprint density at radius 2 is 1.79 bits per heavy atom. The van der Waals surface area contributed by atoms with Crippen molar-refractivity contribution in [1.29, 1.82) is 5.26 Å². The molecule has 5 heterocycles. The van der Waals surface area contributed by atoms with Crippen LogP contribution in [0.1, 0.15) is 35.9 Å². The van der Waals surface area contributed by atoms with Crippen molar-refractivity contribution >= 4 is 39.7 Å². The first-order valence-corrected chi connectivity index (χ1v) is 15.4. The number of fused-ring (bicyclic) bond motifs is 1. The molecule has 6 rings (SSSR count). The predicted octanol–water partition coefficient (Wildman–Crippen LogP) is 5.99. The first-order valence-electron chi connectivity index (χ1n) is 14.6. The van der Waals surface area contributed by atoms with Crippen LogP contribution in [0, 0.1) is 24.2 Å². The Labute approximate surface area is 255 Å². The highest BCUT2D eigenvalue weighted by atomic mass is 32.1. The number of pyridine rings is 2. The van der Waals surface area contributed by atoms with Crippen LogP contribution in [0.4, 0.5) is 16.8 Å². The summed E-state index contributed by atoms with van der Waals surface area (Å²) in [5, 5.41) is 13.4. The lowest BCUT2D eigenvalue weighted by atomic mass is 9.96. The summed E-state index contributed by atoms with van der Waals surface area (Å²) in [7, 11) is 3.68. The van der Waals surface area contributed by atoms with Crippen LogP contribution in [0.5, 0.6) is 0 Å². The van der Waals surface area contributed by atoms with Gasteiger partial charge in [0.25, 0.3) is 0 Å². The van der Waals surface area contributed by atoms with Crippen LogP contribution in [-0.2, 0) is 11.2 Å². The lowest BCUT2D eigenvalue weighted by Crippen LogP contribution is -2.39. The fourth-order valence-corrected chi connectivity index (χ4v) is 6.54. The third-order valence-corrected chi connectivity index (χ3v) is 9.20. The van der Waals surface area contributed by atoms with Crippen LogP contribution in [0.25, 0.3) is 28.0 Å². The number of amides is 1. The number of aryl methyl sites for hydroxylation is 2. The van der Waals surface area contributed by atoms with Gasteiger partial charge in [-0.1, -0.05) is 48.1 Å². The molecule has 1 saturated heterocycles. The molecule has 0 saturated carbocycles. The number of benzene rings is 1. The Morgan fingerprint density at radius 1 is 1.07 bits per heavy atom. The zero-order valence-corrected chi connectivity index (χ0v) is 25.6. The zero-order valence-electron chi connectivity index (χ0n) is 24.8. The number of nitrogens with zero attached hydrogens (tertiary/aromatic N) is 7. The highest BCUT2D eigenvalue weighted by Crippen LogP contribution is 2.37. The Bertz CT molecular complexity index is 1810. The van der Waals surface area contributed by atoms with Crippen LogP contribution in [0.2, 0.25) is 0 Å². The van der Waals surface area contributed by atoms with Gasteiger partial charge in [-0.05, 0) is 50.5 Å². The maximum Gasteiger partial charge on any atom is 0.222 e. The molecule has 0 spiro atoms. The average molecular weight is 591 g/mol. The Balaban J connectivity index is 1.29. The van der Waals surface area contributed by atoms with Crippen molar-refractivity contribution in [2.24, 2.45) is 5.92 Å². The molecule has 9 nitrogen and oxygen atoms in total. The fourth-order valence-electron chi connectivity index (χ4n) is 5.69. The lowest BCUT2D eigenvalue weighted by molar-refractivity contribution is -0.125. The van der Waals surface area contributed by atoms with Gasteiger partial charge in [0.1, 0.15) is 33.9 Å². The van der Waals surface area contributed by atoms with Crippen LogP contribution < -0.4 is 15.1 Å². The largest absolute Gasteiger partial charge is 0.359 e. The Hall–Kier alpha value is -4.75. The van der Waals surface area contributed by atoms with Crippen LogP contribution in [0.15, 0.2) is 60.9 Å². The Kier molecular flexibility index (Phi) is 7.82. The molecular weight excluding hydrogens is 556 g/mol. The second-order valence-corrected chi connectivity index (χ2v) is 11.9. The molecule has 218 valence electrons. The highest BCUT2D eigenvalue weighted by molar-refractivity contribution is 7.16. The summed E-state index contributed by atoms with van der Waals surface area (Å²) < 4.78 is 2.10. The fraction of sp³-hybridized carbons (Fsp3) is 0.303. The topological polar surface area (TPSA) is 102 Å². The SMILES string of the molecule is CCc1nc2ccc(-c3ccc(N4CCC(C(=O)NC)CC4)nc3)cn2c1N(C)c1nc(-c2ccc(C)cc2)c(C#N)s1. The molecule has 1 N–H and O–H groups in total. The van der Waals surface area contributed by atoms with E-state index in [1.165, 1.54) is 11.3 Å². The van der Waals surface area contributed by atoms with E-state index < -0.39 is 0 Å².